The zero-order valence-corrected chi connectivity index (χ0v) is 15.6. The summed E-state index contributed by atoms with van der Waals surface area (Å²) < 4.78 is 0. The summed E-state index contributed by atoms with van der Waals surface area (Å²) in [5, 5.41) is 12.9. The highest BCUT2D eigenvalue weighted by Gasteiger charge is 2.24. The molecule has 2 heterocycles. The molecule has 3 rings (SSSR count). The Morgan fingerprint density at radius 1 is 1.19 bits per heavy atom. The number of aromatic amines is 1. The molecule has 7 nitrogen and oxygen atoms in total. The van der Waals surface area contributed by atoms with Gasteiger partial charge in [0, 0.05) is 17.1 Å². The zero-order chi connectivity index (χ0) is 19.4. The molecule has 0 spiro atoms. The van der Waals surface area contributed by atoms with Crippen LogP contribution in [0.15, 0.2) is 42.6 Å². The van der Waals surface area contributed by atoms with Crippen molar-refractivity contribution in [2.45, 2.75) is 33.2 Å². The lowest BCUT2D eigenvalue weighted by molar-refractivity contribution is -0.118. The van der Waals surface area contributed by atoms with Crippen molar-refractivity contribution < 1.29 is 9.59 Å². The van der Waals surface area contributed by atoms with E-state index < -0.39 is 6.04 Å². The smallest absolute Gasteiger partial charge is 0.252 e. The van der Waals surface area contributed by atoms with Crippen molar-refractivity contribution in [1.82, 2.24) is 20.5 Å². The number of aromatic nitrogens is 3. The Morgan fingerprint density at radius 3 is 2.67 bits per heavy atom. The molecule has 2 aromatic heterocycles. The molecule has 1 atom stereocenters. The molecule has 0 aliphatic heterocycles. The summed E-state index contributed by atoms with van der Waals surface area (Å²) in [5.41, 5.74) is 2.02. The molecule has 3 N–H and O–H groups in total. The second-order valence-electron chi connectivity index (χ2n) is 6.94. The minimum Gasteiger partial charge on any atom is -0.340 e. The molecule has 0 aliphatic rings. The van der Waals surface area contributed by atoms with E-state index in [1.54, 1.807) is 18.3 Å². The molecular weight excluding hydrogens is 342 g/mol. The van der Waals surface area contributed by atoms with Crippen LogP contribution in [0.2, 0.25) is 0 Å². The van der Waals surface area contributed by atoms with E-state index in [0.717, 1.165) is 16.6 Å². The molecule has 27 heavy (non-hydrogen) atoms. The lowest BCUT2D eigenvalue weighted by Crippen LogP contribution is -2.44. The van der Waals surface area contributed by atoms with Crippen molar-refractivity contribution in [3.8, 4) is 0 Å². The van der Waals surface area contributed by atoms with Crippen molar-refractivity contribution in [3.05, 3.63) is 53.9 Å². The average molecular weight is 365 g/mol. The largest absolute Gasteiger partial charge is 0.340 e. The lowest BCUT2D eigenvalue weighted by Gasteiger charge is -2.20. The number of hydrogen-bond acceptors (Lipinski definition) is 4. The minimum absolute atomic E-state index is 0.235. The first-order valence-corrected chi connectivity index (χ1v) is 8.91. The number of rotatable bonds is 6. The maximum Gasteiger partial charge on any atom is 0.252 e. The fourth-order valence-corrected chi connectivity index (χ4v) is 2.98. The van der Waals surface area contributed by atoms with Gasteiger partial charge in [-0.25, -0.2) is 0 Å². The second-order valence-corrected chi connectivity index (χ2v) is 6.94. The third kappa shape index (κ3) is 4.49. The highest BCUT2D eigenvalue weighted by molar-refractivity contribution is 6.08. The summed E-state index contributed by atoms with van der Waals surface area (Å²) in [7, 11) is 0. The van der Waals surface area contributed by atoms with Gasteiger partial charge in [0.15, 0.2) is 0 Å². The number of H-pyrrole nitrogens is 1. The molecule has 0 radical (unpaired) electrons. The number of aryl methyl sites for hydroxylation is 1. The molecular formula is C20H23N5O2. The van der Waals surface area contributed by atoms with Gasteiger partial charge in [-0.05, 0) is 31.4 Å². The van der Waals surface area contributed by atoms with Crippen LogP contribution in [-0.2, 0) is 4.79 Å². The maximum atomic E-state index is 13.0. The van der Waals surface area contributed by atoms with Gasteiger partial charge < -0.3 is 10.6 Å². The highest BCUT2D eigenvalue weighted by atomic mass is 16.2. The Morgan fingerprint density at radius 2 is 1.96 bits per heavy atom. The van der Waals surface area contributed by atoms with Crippen LogP contribution in [0.4, 0.5) is 5.82 Å². The van der Waals surface area contributed by atoms with E-state index >= 15 is 0 Å². The highest BCUT2D eigenvalue weighted by Crippen LogP contribution is 2.19. The number of anilines is 1. The van der Waals surface area contributed by atoms with Crippen LogP contribution in [0.5, 0.6) is 0 Å². The first kappa shape index (κ1) is 18.6. The molecule has 140 valence electrons. The Hall–Kier alpha value is -3.22. The average Bonchev–Trinajstić information content (AvgIpc) is 3.12. The van der Waals surface area contributed by atoms with Gasteiger partial charge in [-0.2, -0.15) is 5.10 Å². The van der Waals surface area contributed by atoms with Crippen molar-refractivity contribution in [1.29, 1.82) is 0 Å². The van der Waals surface area contributed by atoms with Crippen LogP contribution in [-0.4, -0.2) is 33.0 Å². The van der Waals surface area contributed by atoms with E-state index in [1.165, 1.54) is 0 Å². The summed E-state index contributed by atoms with van der Waals surface area (Å²) in [5.74, 6) is 0.158. The Balaban J connectivity index is 1.85. The van der Waals surface area contributed by atoms with Crippen LogP contribution in [0.1, 0.15) is 36.3 Å². The molecule has 0 unspecified atom stereocenters. The fourth-order valence-electron chi connectivity index (χ4n) is 2.98. The van der Waals surface area contributed by atoms with Gasteiger partial charge in [-0.1, -0.05) is 32.0 Å². The number of para-hydroxylation sites is 1. The van der Waals surface area contributed by atoms with E-state index in [9.17, 15) is 9.59 Å². The van der Waals surface area contributed by atoms with Crippen LogP contribution in [0, 0.1) is 12.8 Å². The molecule has 0 bridgehead atoms. The normalized spacial score (nSPS) is 12.1. The van der Waals surface area contributed by atoms with Crippen LogP contribution >= 0.6 is 0 Å². The standard InChI is InChI=1S/C20H23N5O2/c1-12(2)10-17(20(27)24-18-8-9-21-25-18)23-19(26)15-11-13(3)22-16-7-5-4-6-14(15)16/h4-9,11-12,17H,10H2,1-3H3,(H,23,26)(H2,21,24,25,27)/t17-/m0/s1. The predicted molar refractivity (Wildman–Crippen MR) is 104 cm³/mol. The molecule has 7 heteroatoms. The molecule has 1 aromatic carbocycles. The maximum absolute atomic E-state index is 13.0. The van der Waals surface area contributed by atoms with Crippen LogP contribution in [0.3, 0.4) is 0 Å². The summed E-state index contributed by atoms with van der Waals surface area (Å²) in [6.45, 7) is 5.86. The van der Waals surface area contributed by atoms with Gasteiger partial charge in [-0.15, -0.1) is 0 Å². The number of hydrogen-bond donors (Lipinski definition) is 3. The summed E-state index contributed by atoms with van der Waals surface area (Å²) in [4.78, 5) is 30.1. The minimum atomic E-state index is -0.659. The van der Waals surface area contributed by atoms with Crippen LogP contribution in [0.25, 0.3) is 10.9 Å². The van der Waals surface area contributed by atoms with Crippen molar-refractivity contribution in [3.63, 3.8) is 0 Å². The second kappa shape index (κ2) is 7.99. The number of nitrogens with one attached hydrogen (secondary N) is 3. The number of carbonyl (C=O) groups excluding carboxylic acids is 2. The Kier molecular flexibility index (Phi) is 5.49. The topological polar surface area (TPSA) is 99.8 Å². The van der Waals surface area contributed by atoms with Gasteiger partial charge in [-0.3, -0.25) is 19.7 Å². The number of benzene rings is 1. The monoisotopic (exact) mass is 365 g/mol. The molecule has 0 saturated carbocycles. The molecule has 0 fully saturated rings. The molecule has 0 aliphatic carbocycles. The number of fused-ring (bicyclic) bond motifs is 1. The SMILES string of the molecule is Cc1cc(C(=O)N[C@@H](CC(C)C)C(=O)Nc2ccn[nH]2)c2ccccc2n1. The Bertz CT molecular complexity index is 950. The molecule has 2 amide bonds. The van der Waals surface area contributed by atoms with Gasteiger partial charge in [0.1, 0.15) is 11.9 Å². The molecule has 0 saturated heterocycles. The quantitative estimate of drug-likeness (QED) is 0.625. The van der Waals surface area contributed by atoms with Crippen molar-refractivity contribution in [2.75, 3.05) is 5.32 Å². The number of nitrogens with zero attached hydrogens (tertiary/aromatic N) is 2. The first-order valence-electron chi connectivity index (χ1n) is 8.91. The summed E-state index contributed by atoms with van der Waals surface area (Å²) in [6.07, 6.45) is 2.07. The Labute approximate surface area is 157 Å². The third-order valence-corrected chi connectivity index (χ3v) is 4.18. The number of pyridine rings is 1. The van der Waals surface area contributed by atoms with E-state index in [1.807, 2.05) is 45.0 Å². The van der Waals surface area contributed by atoms with Gasteiger partial charge in [0.2, 0.25) is 5.91 Å². The van der Waals surface area contributed by atoms with E-state index in [4.69, 9.17) is 0 Å². The van der Waals surface area contributed by atoms with E-state index in [-0.39, 0.29) is 17.7 Å². The van der Waals surface area contributed by atoms with Gasteiger partial charge in [0.25, 0.3) is 5.91 Å². The fraction of sp³-hybridized carbons (Fsp3) is 0.300. The van der Waals surface area contributed by atoms with Crippen LogP contribution < -0.4 is 10.6 Å². The molecule has 3 aromatic rings. The number of amides is 2. The predicted octanol–water partition coefficient (Wildman–Crippen LogP) is 3.05. The summed E-state index contributed by atoms with van der Waals surface area (Å²) >= 11 is 0. The lowest BCUT2D eigenvalue weighted by atomic mass is 10.0. The van der Waals surface area contributed by atoms with Crippen molar-refractivity contribution in [2.24, 2.45) is 5.92 Å². The van der Waals surface area contributed by atoms with Crippen molar-refractivity contribution >= 4 is 28.5 Å². The third-order valence-electron chi connectivity index (χ3n) is 4.18. The van der Waals surface area contributed by atoms with E-state index in [2.05, 4.69) is 25.8 Å². The van der Waals surface area contributed by atoms with E-state index in [0.29, 0.717) is 17.8 Å². The number of carbonyl (C=O) groups is 2. The van der Waals surface area contributed by atoms with Gasteiger partial charge in [0.05, 0.1) is 17.3 Å². The van der Waals surface area contributed by atoms with Gasteiger partial charge >= 0.3 is 0 Å². The zero-order valence-electron chi connectivity index (χ0n) is 15.6. The first-order chi connectivity index (χ1) is 12.9. The summed E-state index contributed by atoms with van der Waals surface area (Å²) in [6, 6.07) is 10.2.